The fourth-order valence-corrected chi connectivity index (χ4v) is 2.45. The summed E-state index contributed by atoms with van der Waals surface area (Å²) in [5.41, 5.74) is 0. The molecule has 0 aliphatic heterocycles. The summed E-state index contributed by atoms with van der Waals surface area (Å²) in [6, 6.07) is 0. The molecule has 0 spiro atoms. The summed E-state index contributed by atoms with van der Waals surface area (Å²) >= 11 is 0. The Kier molecular flexibility index (Phi) is 1.05. The van der Waals surface area contributed by atoms with E-state index in [2.05, 4.69) is 5.92 Å². The van der Waals surface area contributed by atoms with Gasteiger partial charge in [-0.3, -0.25) is 0 Å². The van der Waals surface area contributed by atoms with Gasteiger partial charge in [0.05, 0.1) is 0 Å². The highest BCUT2D eigenvalue weighted by atomic mass is 14.4. The first-order chi connectivity index (χ1) is 4.40. The van der Waals surface area contributed by atoms with E-state index in [9.17, 15) is 0 Å². The molecule has 0 amide bonds. The zero-order valence-electron chi connectivity index (χ0n) is 5.64. The van der Waals surface area contributed by atoms with E-state index in [0.29, 0.717) is 5.92 Å². The molecule has 0 aromatic rings. The van der Waals surface area contributed by atoms with Crippen LogP contribution in [0.2, 0.25) is 0 Å². The quantitative estimate of drug-likeness (QED) is 0.429. The van der Waals surface area contributed by atoms with Crippen molar-refractivity contribution in [3.05, 3.63) is 0 Å². The van der Waals surface area contributed by atoms with Gasteiger partial charge in [0.25, 0.3) is 0 Å². The fourth-order valence-electron chi connectivity index (χ4n) is 2.45. The van der Waals surface area contributed by atoms with Crippen LogP contribution >= 0.6 is 0 Å². The second-order valence-electron chi connectivity index (χ2n) is 3.45. The molecule has 3 atom stereocenters. The monoisotopic (exact) mass is 120 g/mol. The molecule has 0 saturated heterocycles. The molecule has 2 rings (SSSR count). The molecule has 0 aromatic heterocycles. The van der Waals surface area contributed by atoms with Gasteiger partial charge < -0.3 is 0 Å². The lowest BCUT2D eigenvalue weighted by Crippen LogP contribution is -2.06. The van der Waals surface area contributed by atoms with E-state index >= 15 is 0 Å². The maximum absolute atomic E-state index is 5.37. The van der Waals surface area contributed by atoms with Crippen LogP contribution in [-0.4, -0.2) is 0 Å². The summed E-state index contributed by atoms with van der Waals surface area (Å²) in [6.45, 7) is 0. The van der Waals surface area contributed by atoms with Gasteiger partial charge in [-0.05, 0) is 31.1 Å². The molecule has 0 heteroatoms. The smallest absolute Gasteiger partial charge is 0.0231 e. The van der Waals surface area contributed by atoms with Crippen LogP contribution in [0.4, 0.5) is 0 Å². The lowest BCUT2D eigenvalue weighted by Gasteiger charge is -2.14. The topological polar surface area (TPSA) is 0 Å². The molecular formula is C9H12. The number of fused-ring (bicyclic) bond motifs is 2. The second kappa shape index (κ2) is 1.77. The SMILES string of the molecule is C#CC1CC2CCC1C2. The predicted molar refractivity (Wildman–Crippen MR) is 37.8 cm³/mol. The van der Waals surface area contributed by atoms with E-state index in [1.54, 1.807) is 0 Å². The molecule has 2 saturated carbocycles. The van der Waals surface area contributed by atoms with E-state index < -0.39 is 0 Å². The Morgan fingerprint density at radius 1 is 1.22 bits per heavy atom. The third-order valence-electron chi connectivity index (χ3n) is 2.95. The van der Waals surface area contributed by atoms with Crippen molar-refractivity contribution in [2.24, 2.45) is 17.8 Å². The van der Waals surface area contributed by atoms with Crippen LogP contribution in [0.3, 0.4) is 0 Å². The zero-order chi connectivity index (χ0) is 6.27. The van der Waals surface area contributed by atoms with E-state index in [0.717, 1.165) is 11.8 Å². The lowest BCUT2D eigenvalue weighted by atomic mass is 9.90. The van der Waals surface area contributed by atoms with Gasteiger partial charge in [-0.15, -0.1) is 12.3 Å². The number of rotatable bonds is 0. The predicted octanol–water partition coefficient (Wildman–Crippen LogP) is 2.06. The molecule has 2 aliphatic rings. The summed E-state index contributed by atoms with van der Waals surface area (Å²) in [4.78, 5) is 0. The Hall–Kier alpha value is -0.440. The Bertz CT molecular complexity index is 152. The van der Waals surface area contributed by atoms with Gasteiger partial charge in [0.15, 0.2) is 0 Å². The summed E-state index contributed by atoms with van der Waals surface area (Å²) in [5.74, 6) is 5.48. The van der Waals surface area contributed by atoms with Gasteiger partial charge in [0.2, 0.25) is 0 Å². The van der Waals surface area contributed by atoms with Gasteiger partial charge in [0.1, 0.15) is 0 Å². The minimum Gasteiger partial charge on any atom is -0.120 e. The maximum Gasteiger partial charge on any atom is 0.0231 e. The first-order valence-corrected chi connectivity index (χ1v) is 3.86. The molecule has 3 unspecified atom stereocenters. The normalized spacial score (nSPS) is 47.2. The molecule has 2 aliphatic carbocycles. The highest BCUT2D eigenvalue weighted by molar-refractivity contribution is 5.04. The van der Waals surface area contributed by atoms with Crippen LogP contribution in [0.25, 0.3) is 0 Å². The second-order valence-corrected chi connectivity index (χ2v) is 3.45. The molecule has 48 valence electrons. The van der Waals surface area contributed by atoms with Crippen molar-refractivity contribution in [2.75, 3.05) is 0 Å². The minimum atomic E-state index is 0.656. The van der Waals surface area contributed by atoms with Gasteiger partial charge in [-0.25, -0.2) is 0 Å². The average molecular weight is 120 g/mol. The largest absolute Gasteiger partial charge is 0.120 e. The van der Waals surface area contributed by atoms with Crippen molar-refractivity contribution in [3.63, 3.8) is 0 Å². The molecule has 9 heavy (non-hydrogen) atoms. The van der Waals surface area contributed by atoms with Crippen molar-refractivity contribution in [1.82, 2.24) is 0 Å². The molecule has 0 nitrogen and oxygen atoms in total. The van der Waals surface area contributed by atoms with Gasteiger partial charge in [-0.2, -0.15) is 0 Å². The van der Waals surface area contributed by atoms with Crippen molar-refractivity contribution in [3.8, 4) is 12.3 Å². The summed E-state index contributed by atoms with van der Waals surface area (Å²) in [7, 11) is 0. The maximum atomic E-state index is 5.37. The van der Waals surface area contributed by atoms with E-state index in [-0.39, 0.29) is 0 Å². The minimum absolute atomic E-state index is 0.656. The van der Waals surface area contributed by atoms with Crippen molar-refractivity contribution in [1.29, 1.82) is 0 Å². The number of hydrogen-bond acceptors (Lipinski definition) is 0. The Labute approximate surface area is 56.6 Å². The van der Waals surface area contributed by atoms with Gasteiger partial charge in [0, 0.05) is 5.92 Å². The highest BCUT2D eigenvalue weighted by Gasteiger charge is 2.38. The molecule has 2 fully saturated rings. The Balaban J connectivity index is 2.12. The summed E-state index contributed by atoms with van der Waals surface area (Å²) < 4.78 is 0. The van der Waals surface area contributed by atoms with Crippen LogP contribution in [0.15, 0.2) is 0 Å². The summed E-state index contributed by atoms with van der Waals surface area (Å²) in [5, 5.41) is 0. The van der Waals surface area contributed by atoms with Gasteiger partial charge in [-0.1, -0.05) is 6.42 Å². The van der Waals surface area contributed by atoms with Crippen LogP contribution < -0.4 is 0 Å². The van der Waals surface area contributed by atoms with Gasteiger partial charge >= 0.3 is 0 Å². The lowest BCUT2D eigenvalue weighted by molar-refractivity contribution is 0.406. The molecular weight excluding hydrogens is 108 g/mol. The van der Waals surface area contributed by atoms with Crippen LogP contribution in [0, 0.1) is 30.1 Å². The van der Waals surface area contributed by atoms with Crippen LogP contribution in [0.5, 0.6) is 0 Å². The highest BCUT2D eigenvalue weighted by Crippen LogP contribution is 2.47. The van der Waals surface area contributed by atoms with Crippen molar-refractivity contribution < 1.29 is 0 Å². The van der Waals surface area contributed by atoms with Crippen LogP contribution in [-0.2, 0) is 0 Å². The Morgan fingerprint density at radius 3 is 2.44 bits per heavy atom. The van der Waals surface area contributed by atoms with Crippen LogP contribution in [0.1, 0.15) is 25.7 Å². The summed E-state index contributed by atoms with van der Waals surface area (Å²) in [6.07, 6.45) is 11.0. The van der Waals surface area contributed by atoms with E-state index in [4.69, 9.17) is 6.42 Å². The first-order valence-electron chi connectivity index (χ1n) is 3.86. The van der Waals surface area contributed by atoms with E-state index in [1.807, 2.05) is 0 Å². The molecule has 0 heterocycles. The number of terminal acetylenes is 1. The van der Waals surface area contributed by atoms with Crippen molar-refractivity contribution in [2.45, 2.75) is 25.7 Å². The fraction of sp³-hybridized carbons (Fsp3) is 0.778. The third-order valence-corrected chi connectivity index (χ3v) is 2.95. The first kappa shape index (κ1) is 5.35. The molecule has 0 aromatic carbocycles. The zero-order valence-corrected chi connectivity index (χ0v) is 5.64. The Morgan fingerprint density at radius 2 is 2.11 bits per heavy atom. The number of hydrogen-bond donors (Lipinski definition) is 0. The molecule has 0 N–H and O–H groups in total. The molecule has 2 bridgehead atoms. The van der Waals surface area contributed by atoms with Crippen molar-refractivity contribution >= 4 is 0 Å². The van der Waals surface area contributed by atoms with E-state index in [1.165, 1.54) is 25.7 Å². The molecule has 0 radical (unpaired) electrons. The standard InChI is InChI=1S/C9H12/c1-2-8-5-7-3-4-9(8)6-7/h1,7-9H,3-6H2. The third kappa shape index (κ3) is 0.678. The average Bonchev–Trinajstić information content (AvgIpc) is 2.45.